The highest BCUT2D eigenvalue weighted by Gasteiger charge is 2.07. The van der Waals surface area contributed by atoms with Gasteiger partial charge in [0.15, 0.2) is 6.29 Å². The standard InChI is InChI=1S/C7H7NO2S/c1-8-7-5(2-9)4-11-6(7)3-10/h3-4,9H,1-2H2. The average Bonchev–Trinajstić information content (AvgIpc) is 2.45. The van der Waals surface area contributed by atoms with Gasteiger partial charge in [-0.3, -0.25) is 9.79 Å². The van der Waals surface area contributed by atoms with Crippen LogP contribution in [0.2, 0.25) is 0 Å². The Hall–Kier alpha value is -1.00. The van der Waals surface area contributed by atoms with Crippen molar-refractivity contribution in [1.29, 1.82) is 0 Å². The maximum atomic E-state index is 10.4. The molecule has 4 heteroatoms. The van der Waals surface area contributed by atoms with Crippen LogP contribution in [0.1, 0.15) is 15.2 Å². The van der Waals surface area contributed by atoms with Crippen molar-refractivity contribution in [2.75, 3.05) is 0 Å². The predicted octanol–water partition coefficient (Wildman–Crippen LogP) is 1.39. The van der Waals surface area contributed by atoms with Crippen molar-refractivity contribution < 1.29 is 9.90 Å². The molecule has 1 aromatic rings. The SMILES string of the molecule is C=Nc1c(CO)csc1C=O. The summed E-state index contributed by atoms with van der Waals surface area (Å²) in [4.78, 5) is 14.5. The number of nitrogens with zero attached hydrogens (tertiary/aromatic N) is 1. The first-order valence-corrected chi connectivity index (χ1v) is 3.84. The second kappa shape index (κ2) is 3.41. The van der Waals surface area contributed by atoms with Crippen LogP contribution in [0.25, 0.3) is 0 Å². The molecule has 1 N–H and O–H groups in total. The fourth-order valence-corrected chi connectivity index (χ4v) is 1.60. The van der Waals surface area contributed by atoms with Gasteiger partial charge in [-0.1, -0.05) is 0 Å². The van der Waals surface area contributed by atoms with Gasteiger partial charge in [0.1, 0.15) is 0 Å². The topological polar surface area (TPSA) is 49.7 Å². The summed E-state index contributed by atoms with van der Waals surface area (Å²) in [6.07, 6.45) is 0.716. The molecule has 0 amide bonds. The molecule has 0 aliphatic heterocycles. The molecule has 1 heterocycles. The number of hydrogen-bond donors (Lipinski definition) is 1. The van der Waals surface area contributed by atoms with Gasteiger partial charge >= 0.3 is 0 Å². The lowest BCUT2D eigenvalue weighted by atomic mass is 10.3. The fraction of sp³-hybridized carbons (Fsp3) is 0.143. The number of aliphatic imine (C=N–C) groups is 1. The number of carbonyl (C=O) groups excluding carboxylic acids is 1. The summed E-state index contributed by atoms with van der Waals surface area (Å²) in [6.45, 7) is 3.21. The molecule has 0 radical (unpaired) electrons. The molecule has 0 aromatic carbocycles. The van der Waals surface area contributed by atoms with Gasteiger partial charge in [0.05, 0.1) is 17.2 Å². The Kier molecular flexibility index (Phi) is 2.51. The first-order chi connectivity index (χ1) is 5.33. The van der Waals surface area contributed by atoms with Crippen LogP contribution in [-0.2, 0) is 6.61 Å². The van der Waals surface area contributed by atoms with Crippen LogP contribution in [0, 0.1) is 0 Å². The van der Waals surface area contributed by atoms with E-state index in [1.165, 1.54) is 11.3 Å². The molecule has 0 saturated heterocycles. The normalized spacial score (nSPS) is 9.55. The van der Waals surface area contributed by atoms with Gasteiger partial charge in [0.2, 0.25) is 0 Å². The fourth-order valence-electron chi connectivity index (χ4n) is 0.780. The highest BCUT2D eigenvalue weighted by molar-refractivity contribution is 7.12. The molecule has 0 saturated carbocycles. The molecular weight excluding hydrogens is 162 g/mol. The van der Waals surface area contributed by atoms with Crippen molar-refractivity contribution in [2.45, 2.75) is 6.61 Å². The summed E-state index contributed by atoms with van der Waals surface area (Å²) in [5.74, 6) is 0. The molecule has 11 heavy (non-hydrogen) atoms. The second-order valence-corrected chi connectivity index (χ2v) is 2.82. The molecular formula is C7H7NO2S. The van der Waals surface area contributed by atoms with Crippen LogP contribution in [0.4, 0.5) is 5.69 Å². The van der Waals surface area contributed by atoms with E-state index in [2.05, 4.69) is 11.7 Å². The van der Waals surface area contributed by atoms with Gasteiger partial charge in [-0.2, -0.15) is 0 Å². The summed E-state index contributed by atoms with van der Waals surface area (Å²) in [5, 5.41) is 10.5. The average molecular weight is 169 g/mol. The number of aliphatic hydroxyl groups excluding tert-OH is 1. The molecule has 0 unspecified atom stereocenters. The molecule has 1 aromatic heterocycles. The zero-order valence-electron chi connectivity index (χ0n) is 5.78. The van der Waals surface area contributed by atoms with Gasteiger partial charge in [-0.05, 0) is 12.1 Å². The van der Waals surface area contributed by atoms with E-state index in [4.69, 9.17) is 5.11 Å². The van der Waals surface area contributed by atoms with Gasteiger partial charge in [0, 0.05) is 5.56 Å². The number of aldehydes is 1. The van der Waals surface area contributed by atoms with Crippen LogP contribution in [0.5, 0.6) is 0 Å². The number of rotatable bonds is 3. The van der Waals surface area contributed by atoms with E-state index in [-0.39, 0.29) is 6.61 Å². The first-order valence-electron chi connectivity index (χ1n) is 2.96. The Labute approximate surface area is 68.0 Å². The lowest BCUT2D eigenvalue weighted by Crippen LogP contribution is -1.79. The Morgan fingerprint density at radius 1 is 1.82 bits per heavy atom. The third-order valence-electron chi connectivity index (χ3n) is 1.30. The molecule has 58 valence electrons. The van der Waals surface area contributed by atoms with E-state index in [1.54, 1.807) is 5.38 Å². The van der Waals surface area contributed by atoms with Crippen LogP contribution < -0.4 is 0 Å². The van der Waals surface area contributed by atoms with Crippen LogP contribution in [0.15, 0.2) is 10.4 Å². The highest BCUT2D eigenvalue weighted by Crippen LogP contribution is 2.28. The minimum absolute atomic E-state index is 0.0985. The van der Waals surface area contributed by atoms with Crippen molar-refractivity contribution in [2.24, 2.45) is 4.99 Å². The molecule has 0 bridgehead atoms. The van der Waals surface area contributed by atoms with Crippen LogP contribution in [0.3, 0.4) is 0 Å². The first kappa shape index (κ1) is 8.10. The highest BCUT2D eigenvalue weighted by atomic mass is 32.1. The number of hydrogen-bond acceptors (Lipinski definition) is 4. The quantitative estimate of drug-likeness (QED) is 0.549. The van der Waals surface area contributed by atoms with E-state index in [1.807, 2.05) is 0 Å². The van der Waals surface area contributed by atoms with E-state index in [0.717, 1.165) is 0 Å². The number of carbonyl (C=O) groups is 1. The van der Waals surface area contributed by atoms with Gasteiger partial charge < -0.3 is 5.11 Å². The molecule has 0 aliphatic rings. The Morgan fingerprint density at radius 3 is 3.00 bits per heavy atom. The predicted molar refractivity (Wildman–Crippen MR) is 44.8 cm³/mol. The number of aliphatic hydroxyl groups is 1. The second-order valence-electron chi connectivity index (χ2n) is 1.91. The molecule has 1 rings (SSSR count). The van der Waals surface area contributed by atoms with Crippen LogP contribution >= 0.6 is 11.3 Å². The van der Waals surface area contributed by atoms with Gasteiger partial charge in [-0.15, -0.1) is 11.3 Å². The Bertz CT molecular complexity index is 280. The minimum atomic E-state index is -0.0985. The maximum Gasteiger partial charge on any atom is 0.162 e. The van der Waals surface area contributed by atoms with Crippen molar-refractivity contribution in [3.63, 3.8) is 0 Å². The monoisotopic (exact) mass is 169 g/mol. The smallest absolute Gasteiger partial charge is 0.162 e. The maximum absolute atomic E-state index is 10.4. The van der Waals surface area contributed by atoms with Crippen molar-refractivity contribution in [1.82, 2.24) is 0 Å². The van der Waals surface area contributed by atoms with E-state index in [0.29, 0.717) is 22.4 Å². The molecule has 0 aliphatic carbocycles. The lowest BCUT2D eigenvalue weighted by Gasteiger charge is -1.91. The molecule has 3 nitrogen and oxygen atoms in total. The molecule has 0 fully saturated rings. The third-order valence-corrected chi connectivity index (χ3v) is 2.25. The van der Waals surface area contributed by atoms with Crippen LogP contribution in [-0.4, -0.2) is 18.1 Å². The van der Waals surface area contributed by atoms with E-state index < -0.39 is 0 Å². The summed E-state index contributed by atoms with van der Waals surface area (Å²) in [6, 6.07) is 0. The molecule has 0 spiro atoms. The molecule has 0 atom stereocenters. The minimum Gasteiger partial charge on any atom is -0.392 e. The van der Waals surface area contributed by atoms with Gasteiger partial charge in [-0.25, -0.2) is 0 Å². The van der Waals surface area contributed by atoms with Crippen molar-refractivity contribution in [3.8, 4) is 0 Å². The summed E-state index contributed by atoms with van der Waals surface area (Å²) in [5.41, 5.74) is 1.17. The summed E-state index contributed by atoms with van der Waals surface area (Å²) >= 11 is 1.26. The van der Waals surface area contributed by atoms with Gasteiger partial charge in [0.25, 0.3) is 0 Å². The largest absolute Gasteiger partial charge is 0.392 e. The zero-order chi connectivity index (χ0) is 8.27. The summed E-state index contributed by atoms with van der Waals surface area (Å²) < 4.78 is 0. The summed E-state index contributed by atoms with van der Waals surface area (Å²) in [7, 11) is 0. The van der Waals surface area contributed by atoms with E-state index >= 15 is 0 Å². The Balaban J connectivity index is 3.18. The number of thiophene rings is 1. The third kappa shape index (κ3) is 1.36. The lowest BCUT2D eigenvalue weighted by molar-refractivity contribution is 0.112. The van der Waals surface area contributed by atoms with Crippen molar-refractivity contribution >= 4 is 30.0 Å². The van der Waals surface area contributed by atoms with E-state index in [9.17, 15) is 4.79 Å². The Morgan fingerprint density at radius 2 is 2.55 bits per heavy atom. The zero-order valence-corrected chi connectivity index (χ0v) is 6.60. The van der Waals surface area contributed by atoms with Crippen molar-refractivity contribution in [3.05, 3.63) is 15.8 Å².